The van der Waals surface area contributed by atoms with Crippen molar-refractivity contribution in [2.24, 2.45) is 0 Å². The van der Waals surface area contributed by atoms with E-state index in [1.54, 1.807) is 86.7 Å². The molecule has 20 aliphatic heterocycles. The van der Waals surface area contributed by atoms with Gasteiger partial charge in [0.15, 0.2) is 0 Å². The Morgan fingerprint density at radius 3 is 0.636 bits per heavy atom. The molecule has 20 aliphatic rings. The monoisotopic (exact) mass is 370 g/mol. The van der Waals surface area contributed by atoms with Crippen LogP contribution in [0.3, 0.4) is 0 Å². The molecule has 8 unspecified atom stereocenters. The van der Waals surface area contributed by atoms with E-state index in [0.29, 0.717) is 0 Å². The van der Waals surface area contributed by atoms with Crippen molar-refractivity contribution in [1.29, 1.82) is 0 Å². The van der Waals surface area contributed by atoms with Gasteiger partial charge in [0.05, 0.1) is 0 Å². The van der Waals surface area contributed by atoms with Gasteiger partial charge < -0.3 is 0 Å². The molecule has 8 atom stereocenters. The van der Waals surface area contributed by atoms with Gasteiger partial charge in [0, 0.05) is 0 Å². The zero-order chi connectivity index (χ0) is 12.0. The zero-order valence-corrected chi connectivity index (χ0v) is 14.3. The van der Waals surface area contributed by atoms with Crippen molar-refractivity contribution < 1.29 is 13.0 Å². The second-order valence-corrected chi connectivity index (χ2v) is 66.5. The van der Waals surface area contributed by atoms with Crippen LogP contribution in [0.15, 0.2) is 0 Å². The molecular formula is C20H18Fe2. The number of rotatable bonds is 1. The van der Waals surface area contributed by atoms with Crippen LogP contribution in [0.5, 0.6) is 0 Å². The fourth-order valence-electron chi connectivity index (χ4n) is 34.5. The first-order valence-corrected chi connectivity index (χ1v) is 23.3. The van der Waals surface area contributed by atoms with Crippen molar-refractivity contribution in [2.45, 2.75) is 95.3 Å². The molecule has 20 saturated heterocycles. The van der Waals surface area contributed by atoms with E-state index in [0.717, 1.165) is 0 Å². The first kappa shape index (κ1) is 6.33. The predicted molar refractivity (Wildman–Crippen MR) is 72.9 cm³/mol. The molecule has 20 fully saturated rings. The Hall–Kier alpha value is 1.04. The number of hydrogen-bond donors (Lipinski definition) is 0. The molecule has 2 spiro atoms. The summed E-state index contributed by atoms with van der Waals surface area (Å²) in [6.45, 7) is -5.57. The average Bonchev–Trinajstić information content (AvgIpc) is 3.44. The van der Waals surface area contributed by atoms with E-state index in [1.165, 1.54) is 8.63 Å². The van der Waals surface area contributed by atoms with E-state index >= 15 is 0 Å². The van der Waals surface area contributed by atoms with Gasteiger partial charge in [0.1, 0.15) is 0 Å². The second kappa shape index (κ2) is 0.396. The van der Waals surface area contributed by atoms with Crippen molar-refractivity contribution in [3.8, 4) is 0 Å². The Bertz CT molecular complexity index is 1660. The molecule has 0 aromatic rings. The topological polar surface area (TPSA) is 0 Å². The molecule has 20 heterocycles. The molecule has 20 rings (SSSR count). The third-order valence-corrected chi connectivity index (χ3v) is 115. The molecule has 0 saturated carbocycles. The van der Waals surface area contributed by atoms with Crippen LogP contribution in [0, 0.1) is 0 Å². The minimum atomic E-state index is -2.79. The minimum absolute atomic E-state index is 1.43. The van der Waals surface area contributed by atoms with Crippen molar-refractivity contribution in [1.82, 2.24) is 0 Å². The summed E-state index contributed by atoms with van der Waals surface area (Å²) in [5, 5.41) is 0. The third-order valence-electron chi connectivity index (χ3n) is 29.9. The Balaban J connectivity index is 1.39. The maximum atomic E-state index is 1.69. The van der Waals surface area contributed by atoms with Crippen LogP contribution in [-0.4, -0.2) is 0 Å². The zero-order valence-electron chi connectivity index (χ0n) is 12.1. The first-order valence-electron chi connectivity index (χ1n) is 10.8. The molecule has 0 nitrogen and oxygen atoms in total. The Morgan fingerprint density at radius 1 is 0.318 bits per heavy atom. The van der Waals surface area contributed by atoms with Crippen LogP contribution < -0.4 is 0 Å². The summed E-state index contributed by atoms with van der Waals surface area (Å²) < 4.78 is 2.86. The van der Waals surface area contributed by atoms with E-state index in [9.17, 15) is 0 Å². The van der Waals surface area contributed by atoms with Gasteiger partial charge in [-0.1, -0.05) is 0 Å². The molecule has 22 heavy (non-hydrogen) atoms. The maximum absolute atomic E-state index is 2.79. The van der Waals surface area contributed by atoms with Gasteiger partial charge in [-0.2, -0.15) is 0 Å². The molecule has 0 aromatic heterocycles. The van der Waals surface area contributed by atoms with E-state index in [-0.39, 0.29) is 0 Å². The molecule has 114 valence electrons. The Kier molecular flexibility index (Phi) is 0.114. The molecule has 0 aromatic carbocycles. The van der Waals surface area contributed by atoms with Gasteiger partial charge in [-0.15, -0.1) is 0 Å². The summed E-state index contributed by atoms with van der Waals surface area (Å²) in [5.74, 6) is 0. The standard InChI is InChI=1S/C10H8.2C5H5.2Fe/c1-2-6-9(5-1)10-7-3-4-8-10;2*1-2-4-5-3-1;;/h1-8H;2*1-5H;;. The van der Waals surface area contributed by atoms with Crippen LogP contribution in [0.4, 0.5) is 0 Å². The van der Waals surface area contributed by atoms with Gasteiger partial charge in [-0.05, 0) is 0 Å². The number of fused-ring (bicyclic) bond motifs is 21. The predicted octanol–water partition coefficient (Wildman–Crippen LogP) is 6.51. The average molecular weight is 370 g/mol. The normalized spacial score (nSPS) is 179. The van der Waals surface area contributed by atoms with E-state index in [4.69, 9.17) is 0 Å². The Morgan fingerprint density at radius 2 is 0.545 bits per heavy atom. The Labute approximate surface area is 108 Å². The van der Waals surface area contributed by atoms with Crippen molar-refractivity contribution in [3.05, 3.63) is 0 Å². The van der Waals surface area contributed by atoms with E-state index < -0.39 is 13.0 Å². The van der Waals surface area contributed by atoms with E-state index in [1.807, 2.05) is 0 Å². The fourth-order valence-corrected chi connectivity index (χ4v) is 189. The summed E-state index contributed by atoms with van der Waals surface area (Å²) >= 11 is 0. The second-order valence-electron chi connectivity index (χ2n) is 19.4. The SMILES string of the molecule is [CH]12[CH]3[CH]4[CH]5[CH]1[Fe]23451678[CH]2[CH]1[CH]6[C]7([C]13[CH]4[CH]5[CH]6[CH]1[Fe]5643179%10[CH]3[CH]1[CH]7[CH]9[CH]3%10)[CH]28. The first-order chi connectivity index (χ1) is 10.3. The fraction of sp³-hybridized carbons (Fsp3) is 1.00. The molecule has 0 radical (unpaired) electrons. The van der Waals surface area contributed by atoms with Crippen LogP contribution in [0.2, 0.25) is 95.3 Å². The summed E-state index contributed by atoms with van der Waals surface area (Å²) in [4.78, 5) is 29.8. The van der Waals surface area contributed by atoms with Crippen LogP contribution in [0.1, 0.15) is 0 Å². The molecule has 0 amide bonds. The van der Waals surface area contributed by atoms with Crippen molar-refractivity contribution >= 4 is 0 Å². The summed E-state index contributed by atoms with van der Waals surface area (Å²) in [6.07, 6.45) is 0. The van der Waals surface area contributed by atoms with Crippen LogP contribution >= 0.6 is 0 Å². The third kappa shape index (κ3) is 0.0444. The van der Waals surface area contributed by atoms with Crippen molar-refractivity contribution in [2.75, 3.05) is 0 Å². The molecule has 2 heteroatoms. The summed E-state index contributed by atoms with van der Waals surface area (Å²) in [7, 11) is 0. The molecular weight excluding hydrogens is 352 g/mol. The van der Waals surface area contributed by atoms with Gasteiger partial charge in [-0.3, -0.25) is 0 Å². The van der Waals surface area contributed by atoms with Gasteiger partial charge >= 0.3 is 108 Å². The van der Waals surface area contributed by atoms with Crippen LogP contribution in [0.25, 0.3) is 0 Å². The number of hydrogen-bond acceptors (Lipinski definition) is 0. The van der Waals surface area contributed by atoms with Crippen LogP contribution in [-0.2, 0) is 13.0 Å². The van der Waals surface area contributed by atoms with Gasteiger partial charge in [0.2, 0.25) is 0 Å². The molecule has 0 aliphatic carbocycles. The summed E-state index contributed by atoms with van der Waals surface area (Å²) in [5.41, 5.74) is 0. The van der Waals surface area contributed by atoms with Gasteiger partial charge in [-0.25, -0.2) is 0 Å². The molecule has 0 N–H and O–H groups in total. The summed E-state index contributed by atoms with van der Waals surface area (Å²) in [6, 6.07) is 0. The van der Waals surface area contributed by atoms with E-state index in [2.05, 4.69) is 0 Å². The van der Waals surface area contributed by atoms with Crippen molar-refractivity contribution in [3.63, 3.8) is 0 Å². The molecule has 0 bridgehead atoms. The van der Waals surface area contributed by atoms with Gasteiger partial charge in [0.25, 0.3) is 0 Å². The quantitative estimate of drug-likeness (QED) is 0.462.